The van der Waals surface area contributed by atoms with Crippen molar-refractivity contribution in [2.24, 2.45) is 0 Å². The number of aromatic nitrogens is 1. The van der Waals surface area contributed by atoms with E-state index in [0.717, 1.165) is 31.9 Å². The largest absolute Gasteiger partial charge is 0.369 e. The van der Waals surface area contributed by atoms with Crippen molar-refractivity contribution in [1.82, 2.24) is 9.47 Å². The van der Waals surface area contributed by atoms with E-state index in [9.17, 15) is 4.79 Å². The van der Waals surface area contributed by atoms with Crippen molar-refractivity contribution in [3.8, 4) is 0 Å². The fourth-order valence-corrected chi connectivity index (χ4v) is 2.79. The van der Waals surface area contributed by atoms with Crippen molar-refractivity contribution < 1.29 is 4.79 Å². The Labute approximate surface area is 137 Å². The number of rotatable bonds is 5. The molecule has 0 atom stereocenters. The Morgan fingerprint density at radius 2 is 1.70 bits per heavy atom. The number of amides is 1. The van der Waals surface area contributed by atoms with Gasteiger partial charge in [-0.15, -0.1) is 0 Å². The molecule has 0 aliphatic carbocycles. The average molecular weight is 312 g/mol. The molecule has 5 nitrogen and oxygen atoms in total. The smallest absolute Gasteiger partial charge is 0.226 e. The van der Waals surface area contributed by atoms with Crippen LogP contribution in [0.4, 0.5) is 11.4 Å². The number of nitrogens with one attached hydrogen (secondary N) is 1. The van der Waals surface area contributed by atoms with Crippen molar-refractivity contribution >= 4 is 17.3 Å². The van der Waals surface area contributed by atoms with E-state index in [1.807, 2.05) is 41.2 Å². The first-order chi connectivity index (χ1) is 11.2. The molecule has 0 saturated carbocycles. The summed E-state index contributed by atoms with van der Waals surface area (Å²) in [5.74, 6) is 0.0473. The minimum Gasteiger partial charge on any atom is -0.369 e. The summed E-state index contributed by atoms with van der Waals surface area (Å²) >= 11 is 0. The van der Waals surface area contributed by atoms with Gasteiger partial charge in [0, 0.05) is 62.9 Å². The summed E-state index contributed by atoms with van der Waals surface area (Å²) in [7, 11) is 2.16. The van der Waals surface area contributed by atoms with Crippen molar-refractivity contribution in [3.63, 3.8) is 0 Å². The Kier molecular flexibility index (Phi) is 4.98. The van der Waals surface area contributed by atoms with Crippen LogP contribution in [0.1, 0.15) is 6.42 Å². The molecule has 1 aromatic carbocycles. The van der Waals surface area contributed by atoms with Gasteiger partial charge in [0.2, 0.25) is 5.91 Å². The lowest BCUT2D eigenvalue weighted by molar-refractivity contribution is -0.116. The lowest BCUT2D eigenvalue weighted by Gasteiger charge is -2.34. The fraction of sp³-hybridized carbons (Fsp3) is 0.389. The highest BCUT2D eigenvalue weighted by Gasteiger charge is 2.14. The molecule has 0 unspecified atom stereocenters. The zero-order valence-corrected chi connectivity index (χ0v) is 13.6. The highest BCUT2D eigenvalue weighted by atomic mass is 16.1. The minimum atomic E-state index is 0.0473. The van der Waals surface area contributed by atoms with Gasteiger partial charge in [-0.3, -0.25) is 4.79 Å². The average Bonchev–Trinajstić information content (AvgIpc) is 3.08. The van der Waals surface area contributed by atoms with Gasteiger partial charge in [0.25, 0.3) is 0 Å². The van der Waals surface area contributed by atoms with Crippen molar-refractivity contribution in [3.05, 3.63) is 48.8 Å². The second-order valence-electron chi connectivity index (χ2n) is 6.06. The van der Waals surface area contributed by atoms with Crippen LogP contribution in [-0.4, -0.2) is 48.6 Å². The van der Waals surface area contributed by atoms with Gasteiger partial charge in [-0.05, 0) is 43.4 Å². The molecule has 1 fully saturated rings. The van der Waals surface area contributed by atoms with Crippen LogP contribution in [-0.2, 0) is 11.3 Å². The Morgan fingerprint density at radius 3 is 2.35 bits per heavy atom. The number of hydrogen-bond acceptors (Lipinski definition) is 3. The van der Waals surface area contributed by atoms with E-state index in [1.165, 1.54) is 5.69 Å². The van der Waals surface area contributed by atoms with Gasteiger partial charge in [-0.25, -0.2) is 0 Å². The van der Waals surface area contributed by atoms with Crippen molar-refractivity contribution in [1.29, 1.82) is 0 Å². The van der Waals surface area contributed by atoms with Gasteiger partial charge >= 0.3 is 0 Å². The summed E-state index contributed by atoms with van der Waals surface area (Å²) in [6, 6.07) is 12.1. The molecule has 1 aromatic heterocycles. The van der Waals surface area contributed by atoms with Gasteiger partial charge < -0.3 is 19.7 Å². The molecule has 1 aliphatic rings. The van der Waals surface area contributed by atoms with Crippen LogP contribution in [0.25, 0.3) is 0 Å². The quantitative estimate of drug-likeness (QED) is 0.921. The number of hydrogen-bond donors (Lipinski definition) is 1. The van der Waals surface area contributed by atoms with Gasteiger partial charge in [-0.2, -0.15) is 0 Å². The first kappa shape index (κ1) is 15.6. The number of carbonyl (C=O) groups is 1. The van der Waals surface area contributed by atoms with Crippen LogP contribution in [0.2, 0.25) is 0 Å². The summed E-state index contributed by atoms with van der Waals surface area (Å²) in [6.45, 7) is 5.01. The first-order valence-electron chi connectivity index (χ1n) is 8.15. The number of piperazine rings is 1. The summed E-state index contributed by atoms with van der Waals surface area (Å²) < 4.78 is 2.01. The van der Waals surface area contributed by atoms with Crippen LogP contribution >= 0.6 is 0 Å². The summed E-state index contributed by atoms with van der Waals surface area (Å²) in [4.78, 5) is 16.7. The second kappa shape index (κ2) is 7.33. The van der Waals surface area contributed by atoms with Gasteiger partial charge in [0.05, 0.1) is 0 Å². The number of benzene rings is 1. The van der Waals surface area contributed by atoms with Crippen LogP contribution < -0.4 is 10.2 Å². The van der Waals surface area contributed by atoms with Crippen molar-refractivity contribution in [2.75, 3.05) is 43.4 Å². The van der Waals surface area contributed by atoms with Crippen LogP contribution in [0.3, 0.4) is 0 Å². The van der Waals surface area contributed by atoms with Crippen LogP contribution in [0.5, 0.6) is 0 Å². The summed E-state index contributed by atoms with van der Waals surface area (Å²) in [6.07, 6.45) is 4.42. The topological polar surface area (TPSA) is 40.5 Å². The third-order valence-electron chi connectivity index (χ3n) is 4.28. The van der Waals surface area contributed by atoms with E-state index in [1.54, 1.807) is 0 Å². The molecular formula is C18H24N4O. The van der Waals surface area contributed by atoms with E-state index in [-0.39, 0.29) is 5.91 Å². The number of aryl methyl sites for hydroxylation is 1. The number of carbonyl (C=O) groups excluding carboxylic acids is 1. The molecule has 3 rings (SSSR count). The van der Waals surface area contributed by atoms with Gasteiger partial charge in [0.1, 0.15) is 0 Å². The summed E-state index contributed by atoms with van der Waals surface area (Å²) in [5, 5.41) is 2.96. The summed E-state index contributed by atoms with van der Waals surface area (Å²) in [5.41, 5.74) is 2.09. The molecule has 1 N–H and O–H groups in total. The highest BCUT2D eigenvalue weighted by molar-refractivity contribution is 5.90. The molecule has 5 heteroatoms. The van der Waals surface area contributed by atoms with E-state index < -0.39 is 0 Å². The molecule has 1 saturated heterocycles. The normalized spacial score (nSPS) is 15.6. The molecule has 2 aromatic rings. The molecule has 122 valence electrons. The predicted octanol–water partition coefficient (Wildman–Crippen LogP) is 2.27. The third-order valence-corrected chi connectivity index (χ3v) is 4.28. The van der Waals surface area contributed by atoms with Gasteiger partial charge in [-0.1, -0.05) is 0 Å². The minimum absolute atomic E-state index is 0.0473. The number of nitrogens with zero attached hydrogens (tertiary/aromatic N) is 3. The van der Waals surface area contributed by atoms with Crippen LogP contribution in [0, 0.1) is 0 Å². The fourth-order valence-electron chi connectivity index (χ4n) is 2.79. The Hall–Kier alpha value is -2.27. The zero-order valence-electron chi connectivity index (χ0n) is 13.6. The van der Waals surface area contributed by atoms with E-state index in [2.05, 4.69) is 34.3 Å². The maximum atomic E-state index is 12.0. The molecule has 0 spiro atoms. The third kappa shape index (κ3) is 4.36. The van der Waals surface area contributed by atoms with E-state index >= 15 is 0 Å². The van der Waals surface area contributed by atoms with E-state index in [4.69, 9.17) is 0 Å². The monoisotopic (exact) mass is 312 g/mol. The standard InChI is InChI=1S/C18H24N4O/c1-20-12-14-22(15-13-20)17-6-4-16(5-7-17)19-18(23)8-11-21-9-2-3-10-21/h2-7,9-10H,8,11-15H2,1H3,(H,19,23). The Balaban J connectivity index is 1.50. The van der Waals surface area contributed by atoms with Crippen molar-refractivity contribution in [2.45, 2.75) is 13.0 Å². The first-order valence-corrected chi connectivity index (χ1v) is 8.15. The molecule has 1 amide bonds. The maximum Gasteiger partial charge on any atom is 0.226 e. The zero-order chi connectivity index (χ0) is 16.1. The SMILES string of the molecule is CN1CCN(c2ccc(NC(=O)CCn3cccc3)cc2)CC1. The molecule has 1 aliphatic heterocycles. The highest BCUT2D eigenvalue weighted by Crippen LogP contribution is 2.19. The van der Waals surface area contributed by atoms with Gasteiger partial charge in [0.15, 0.2) is 0 Å². The van der Waals surface area contributed by atoms with E-state index in [0.29, 0.717) is 13.0 Å². The molecular weight excluding hydrogens is 288 g/mol. The predicted molar refractivity (Wildman–Crippen MR) is 93.8 cm³/mol. The second-order valence-corrected chi connectivity index (χ2v) is 6.06. The molecule has 23 heavy (non-hydrogen) atoms. The lowest BCUT2D eigenvalue weighted by Crippen LogP contribution is -2.44. The number of anilines is 2. The molecule has 0 bridgehead atoms. The Bertz CT molecular complexity index is 613. The maximum absolute atomic E-state index is 12.0. The molecule has 0 radical (unpaired) electrons. The lowest BCUT2D eigenvalue weighted by atomic mass is 10.2. The Morgan fingerprint density at radius 1 is 1.04 bits per heavy atom. The van der Waals surface area contributed by atoms with Crippen LogP contribution in [0.15, 0.2) is 48.8 Å². The molecule has 2 heterocycles. The number of likely N-dealkylation sites (N-methyl/N-ethyl adjacent to an activating group) is 1.